The Morgan fingerprint density at radius 2 is 1.88 bits per heavy atom. The first kappa shape index (κ1) is 16.8. The number of rotatable bonds is 5. The van der Waals surface area contributed by atoms with E-state index in [1.807, 2.05) is 42.5 Å². The third-order valence-corrected chi connectivity index (χ3v) is 4.30. The van der Waals surface area contributed by atoms with Crippen molar-refractivity contribution in [3.8, 4) is 0 Å². The predicted octanol–water partition coefficient (Wildman–Crippen LogP) is 3.75. The molecule has 0 saturated carbocycles. The van der Waals surface area contributed by atoms with Crippen LogP contribution in [0, 0.1) is 0 Å². The first-order valence-electron chi connectivity index (χ1n) is 8.18. The minimum Gasteiger partial charge on any atom is -0.378 e. The molecule has 0 aromatic heterocycles. The number of carbonyl (C=O) groups is 1. The van der Waals surface area contributed by atoms with Crippen molar-refractivity contribution in [2.45, 2.75) is 12.8 Å². The quantitative estimate of drug-likeness (QED) is 0.898. The molecule has 1 aliphatic heterocycles. The molecule has 1 N–H and O–H groups in total. The van der Waals surface area contributed by atoms with Crippen molar-refractivity contribution >= 4 is 28.9 Å². The maximum Gasteiger partial charge on any atom is 0.224 e. The second-order valence-corrected chi connectivity index (χ2v) is 6.23. The highest BCUT2D eigenvalue weighted by Gasteiger charge is 2.16. The van der Waals surface area contributed by atoms with E-state index in [-0.39, 0.29) is 5.91 Å². The molecule has 5 heteroatoms. The fourth-order valence-electron chi connectivity index (χ4n) is 2.79. The number of halogens is 1. The van der Waals surface area contributed by atoms with Gasteiger partial charge >= 0.3 is 0 Å². The maximum absolute atomic E-state index is 12.3. The minimum absolute atomic E-state index is 0.00989. The number of morpholine rings is 1. The lowest BCUT2D eigenvalue weighted by molar-refractivity contribution is -0.116. The minimum atomic E-state index is 0.00989. The van der Waals surface area contributed by atoms with Gasteiger partial charge < -0.3 is 15.0 Å². The summed E-state index contributed by atoms with van der Waals surface area (Å²) in [5.41, 5.74) is 2.93. The van der Waals surface area contributed by atoms with E-state index in [1.54, 1.807) is 6.07 Å². The lowest BCUT2D eigenvalue weighted by Gasteiger charge is -2.30. The van der Waals surface area contributed by atoms with Crippen molar-refractivity contribution in [3.05, 3.63) is 59.1 Å². The molecule has 1 amide bonds. The zero-order valence-electron chi connectivity index (χ0n) is 13.5. The van der Waals surface area contributed by atoms with Crippen LogP contribution in [0.3, 0.4) is 0 Å². The second kappa shape index (κ2) is 8.18. The van der Waals surface area contributed by atoms with Crippen molar-refractivity contribution in [2.75, 3.05) is 36.5 Å². The zero-order chi connectivity index (χ0) is 16.8. The van der Waals surface area contributed by atoms with Crippen LogP contribution in [0.15, 0.2) is 48.5 Å². The van der Waals surface area contributed by atoms with E-state index in [2.05, 4.69) is 10.2 Å². The number of hydrogen-bond acceptors (Lipinski definition) is 3. The molecule has 1 saturated heterocycles. The van der Waals surface area contributed by atoms with Gasteiger partial charge in [-0.25, -0.2) is 0 Å². The molecule has 4 nitrogen and oxygen atoms in total. The van der Waals surface area contributed by atoms with Crippen LogP contribution in [-0.4, -0.2) is 32.2 Å². The van der Waals surface area contributed by atoms with E-state index < -0.39 is 0 Å². The van der Waals surface area contributed by atoms with Crippen LogP contribution in [-0.2, 0) is 16.0 Å². The molecule has 126 valence electrons. The van der Waals surface area contributed by atoms with Crippen LogP contribution in [0.4, 0.5) is 11.4 Å². The highest BCUT2D eigenvalue weighted by Crippen LogP contribution is 2.30. The fraction of sp³-hybridized carbons (Fsp3) is 0.316. The Morgan fingerprint density at radius 3 is 2.62 bits per heavy atom. The molecule has 2 aromatic carbocycles. The van der Waals surface area contributed by atoms with Gasteiger partial charge in [-0.1, -0.05) is 41.9 Å². The normalized spacial score (nSPS) is 14.5. The third-order valence-electron chi connectivity index (χ3n) is 4.07. The molecule has 0 spiro atoms. The van der Waals surface area contributed by atoms with Gasteiger partial charge in [-0.2, -0.15) is 0 Å². The van der Waals surface area contributed by atoms with Crippen molar-refractivity contribution < 1.29 is 9.53 Å². The fourth-order valence-corrected chi connectivity index (χ4v) is 2.96. The molecular formula is C19H21ClN2O2. The Hall–Kier alpha value is -2.04. The van der Waals surface area contributed by atoms with Crippen LogP contribution < -0.4 is 10.2 Å². The number of amides is 1. The zero-order valence-corrected chi connectivity index (χ0v) is 14.3. The summed E-state index contributed by atoms with van der Waals surface area (Å²) in [6, 6.07) is 15.6. The molecule has 0 radical (unpaired) electrons. The van der Waals surface area contributed by atoms with Gasteiger partial charge in [0, 0.05) is 24.5 Å². The number of benzene rings is 2. The van der Waals surface area contributed by atoms with Crippen molar-refractivity contribution in [1.82, 2.24) is 0 Å². The summed E-state index contributed by atoms with van der Waals surface area (Å²) in [4.78, 5) is 14.5. The lowest BCUT2D eigenvalue weighted by Crippen LogP contribution is -2.36. The number of nitrogens with zero attached hydrogens (tertiary/aromatic N) is 1. The Balaban J connectivity index is 1.66. The van der Waals surface area contributed by atoms with Crippen molar-refractivity contribution in [2.24, 2.45) is 0 Å². The molecule has 0 unspecified atom stereocenters. The molecule has 1 aliphatic rings. The average Bonchev–Trinajstić information content (AvgIpc) is 2.63. The van der Waals surface area contributed by atoms with Gasteiger partial charge in [0.2, 0.25) is 5.91 Å². The smallest absolute Gasteiger partial charge is 0.224 e. The number of hydrogen-bond donors (Lipinski definition) is 1. The van der Waals surface area contributed by atoms with Gasteiger partial charge in [0.1, 0.15) is 0 Å². The summed E-state index contributed by atoms with van der Waals surface area (Å²) in [6.07, 6.45) is 1.18. The Morgan fingerprint density at radius 1 is 1.12 bits per heavy atom. The summed E-state index contributed by atoms with van der Waals surface area (Å²) < 4.78 is 5.40. The number of nitrogens with one attached hydrogen (secondary N) is 1. The van der Waals surface area contributed by atoms with E-state index in [9.17, 15) is 4.79 Å². The van der Waals surface area contributed by atoms with Crippen LogP contribution in [0.2, 0.25) is 5.02 Å². The van der Waals surface area contributed by atoms with Gasteiger partial charge in [-0.05, 0) is 30.2 Å². The molecule has 0 bridgehead atoms. The largest absolute Gasteiger partial charge is 0.378 e. The van der Waals surface area contributed by atoms with Gasteiger partial charge in [-0.15, -0.1) is 0 Å². The Kier molecular flexibility index (Phi) is 5.72. The summed E-state index contributed by atoms with van der Waals surface area (Å²) >= 11 is 6.14. The lowest BCUT2D eigenvalue weighted by atomic mass is 10.1. The van der Waals surface area contributed by atoms with E-state index in [4.69, 9.17) is 16.3 Å². The molecule has 3 rings (SSSR count). The monoisotopic (exact) mass is 344 g/mol. The van der Waals surface area contributed by atoms with E-state index >= 15 is 0 Å². The number of carbonyl (C=O) groups excluding carboxylic acids is 1. The molecule has 2 aromatic rings. The van der Waals surface area contributed by atoms with Crippen LogP contribution in [0.5, 0.6) is 0 Å². The van der Waals surface area contributed by atoms with Gasteiger partial charge in [0.25, 0.3) is 0 Å². The van der Waals surface area contributed by atoms with Crippen LogP contribution >= 0.6 is 11.6 Å². The molecule has 1 fully saturated rings. The Labute approximate surface area is 147 Å². The molecule has 1 heterocycles. The van der Waals surface area contributed by atoms with E-state index in [1.165, 1.54) is 0 Å². The molecular weight excluding hydrogens is 324 g/mol. The van der Waals surface area contributed by atoms with Gasteiger partial charge in [0.05, 0.1) is 24.6 Å². The standard InChI is InChI=1S/C19H21ClN2O2/c20-16-7-8-17(18(14-16)22-10-12-24-13-11-22)21-19(23)9-6-15-4-2-1-3-5-15/h1-5,7-8,14H,6,9-13H2,(H,21,23). The summed E-state index contributed by atoms with van der Waals surface area (Å²) in [6.45, 7) is 2.97. The predicted molar refractivity (Wildman–Crippen MR) is 97.9 cm³/mol. The summed E-state index contributed by atoms with van der Waals surface area (Å²) in [7, 11) is 0. The first-order chi connectivity index (χ1) is 11.7. The van der Waals surface area contributed by atoms with E-state index in [0.29, 0.717) is 24.7 Å². The number of ether oxygens (including phenoxy) is 1. The van der Waals surface area contributed by atoms with E-state index in [0.717, 1.165) is 36.4 Å². The van der Waals surface area contributed by atoms with Crippen LogP contribution in [0.1, 0.15) is 12.0 Å². The molecule has 0 aliphatic carbocycles. The van der Waals surface area contributed by atoms with Crippen LogP contribution in [0.25, 0.3) is 0 Å². The topological polar surface area (TPSA) is 41.6 Å². The summed E-state index contributed by atoms with van der Waals surface area (Å²) in [5.74, 6) is 0.00989. The average molecular weight is 345 g/mol. The molecule has 0 atom stereocenters. The molecule has 24 heavy (non-hydrogen) atoms. The maximum atomic E-state index is 12.3. The van der Waals surface area contributed by atoms with Gasteiger partial charge in [-0.3, -0.25) is 4.79 Å². The SMILES string of the molecule is O=C(CCc1ccccc1)Nc1ccc(Cl)cc1N1CCOCC1. The first-order valence-corrected chi connectivity index (χ1v) is 8.56. The third kappa shape index (κ3) is 4.49. The number of aryl methyl sites for hydroxylation is 1. The highest BCUT2D eigenvalue weighted by molar-refractivity contribution is 6.31. The van der Waals surface area contributed by atoms with Crippen molar-refractivity contribution in [3.63, 3.8) is 0 Å². The van der Waals surface area contributed by atoms with Crippen molar-refractivity contribution in [1.29, 1.82) is 0 Å². The number of anilines is 2. The van der Waals surface area contributed by atoms with Gasteiger partial charge in [0.15, 0.2) is 0 Å². The highest BCUT2D eigenvalue weighted by atomic mass is 35.5. The Bertz CT molecular complexity index is 685. The summed E-state index contributed by atoms with van der Waals surface area (Å²) in [5, 5.41) is 3.69. The second-order valence-electron chi connectivity index (χ2n) is 5.79.